The molecule has 0 saturated carbocycles. The van der Waals surface area contributed by atoms with Crippen molar-refractivity contribution < 1.29 is 14.3 Å². The predicted octanol–water partition coefficient (Wildman–Crippen LogP) is 1.95. The third kappa shape index (κ3) is 4.60. The summed E-state index contributed by atoms with van der Waals surface area (Å²) in [4.78, 5) is 20.7. The maximum absolute atomic E-state index is 12.6. The summed E-state index contributed by atoms with van der Waals surface area (Å²) in [7, 11) is 3.56. The summed E-state index contributed by atoms with van der Waals surface area (Å²) in [6, 6.07) is 3.93. The van der Waals surface area contributed by atoms with Gasteiger partial charge in [0.25, 0.3) is 0 Å². The zero-order chi connectivity index (χ0) is 19.7. The number of carbonyl (C=O) groups is 1. The molecule has 2 aliphatic heterocycles. The fraction of sp³-hybridized carbons (Fsp3) is 0.389. The molecule has 0 bridgehead atoms. The SMILES string of the molecule is CN=C(NCc1cc(Br)c2c(c1)OCO2)N1CCN(c2cnn(C)c2)C(=O)C1.I. The number of hydrogen-bond donors (Lipinski definition) is 1. The molecular weight excluding hydrogens is 555 g/mol. The van der Waals surface area contributed by atoms with Crippen LogP contribution in [0.1, 0.15) is 5.56 Å². The van der Waals surface area contributed by atoms with Crippen molar-refractivity contribution in [2.45, 2.75) is 6.54 Å². The third-order valence-electron chi connectivity index (χ3n) is 4.67. The van der Waals surface area contributed by atoms with Crippen molar-refractivity contribution in [3.05, 3.63) is 34.6 Å². The van der Waals surface area contributed by atoms with E-state index in [1.54, 1.807) is 22.8 Å². The smallest absolute Gasteiger partial charge is 0.246 e. The van der Waals surface area contributed by atoms with Crippen molar-refractivity contribution in [2.24, 2.45) is 12.0 Å². The van der Waals surface area contributed by atoms with Gasteiger partial charge >= 0.3 is 0 Å². The molecule has 9 nitrogen and oxygen atoms in total. The Morgan fingerprint density at radius 3 is 2.86 bits per heavy atom. The molecule has 1 aromatic heterocycles. The van der Waals surface area contributed by atoms with E-state index in [1.165, 1.54) is 0 Å². The van der Waals surface area contributed by atoms with Gasteiger partial charge in [0, 0.05) is 39.9 Å². The van der Waals surface area contributed by atoms with E-state index in [-0.39, 0.29) is 43.2 Å². The van der Waals surface area contributed by atoms with E-state index in [2.05, 4.69) is 31.3 Å². The number of carbonyl (C=O) groups excluding carboxylic acids is 1. The molecule has 1 fully saturated rings. The summed E-state index contributed by atoms with van der Waals surface area (Å²) < 4.78 is 13.4. The van der Waals surface area contributed by atoms with Crippen LogP contribution in [0, 0.1) is 0 Å². The fourth-order valence-corrected chi connectivity index (χ4v) is 3.91. The van der Waals surface area contributed by atoms with Crippen LogP contribution in [0.5, 0.6) is 11.5 Å². The predicted molar refractivity (Wildman–Crippen MR) is 123 cm³/mol. The highest BCUT2D eigenvalue weighted by atomic mass is 127. The largest absolute Gasteiger partial charge is 0.454 e. The topological polar surface area (TPSA) is 84.2 Å². The first-order valence-electron chi connectivity index (χ1n) is 8.88. The van der Waals surface area contributed by atoms with Gasteiger partial charge in [-0.25, -0.2) is 0 Å². The van der Waals surface area contributed by atoms with E-state index < -0.39 is 0 Å². The number of ether oxygens (including phenoxy) is 2. The van der Waals surface area contributed by atoms with E-state index in [0.29, 0.717) is 25.6 Å². The second-order valence-corrected chi connectivity index (χ2v) is 7.41. The first kappa shape index (κ1) is 21.7. The summed E-state index contributed by atoms with van der Waals surface area (Å²) in [5.41, 5.74) is 1.85. The molecule has 0 aliphatic carbocycles. The first-order valence-corrected chi connectivity index (χ1v) is 9.67. The Hall–Kier alpha value is -2.02. The number of anilines is 1. The molecular formula is C18H22BrIN6O3. The maximum Gasteiger partial charge on any atom is 0.246 e. The average molecular weight is 577 g/mol. The number of amides is 1. The molecule has 2 aromatic rings. The van der Waals surface area contributed by atoms with Crippen molar-refractivity contribution in [2.75, 3.05) is 38.4 Å². The van der Waals surface area contributed by atoms with E-state index in [0.717, 1.165) is 27.2 Å². The summed E-state index contributed by atoms with van der Waals surface area (Å²) >= 11 is 3.51. The lowest BCUT2D eigenvalue weighted by Crippen LogP contribution is -2.55. The second-order valence-electron chi connectivity index (χ2n) is 6.55. The molecule has 29 heavy (non-hydrogen) atoms. The standard InChI is InChI=1S/C18H21BrN6O3.HI/c1-20-18(21-7-12-5-14(19)17-15(6-12)27-11-28-17)24-3-4-25(16(26)10-24)13-8-22-23(2)9-13;/h5-6,8-9H,3-4,7,10-11H2,1-2H3,(H,20,21);1H. The van der Waals surface area contributed by atoms with E-state index in [1.807, 2.05) is 30.3 Å². The number of hydrogen-bond acceptors (Lipinski definition) is 5. The Balaban J connectivity index is 0.00000240. The summed E-state index contributed by atoms with van der Waals surface area (Å²) in [5.74, 6) is 2.16. The number of benzene rings is 1. The van der Waals surface area contributed by atoms with Crippen LogP contribution in [0.25, 0.3) is 0 Å². The number of aromatic nitrogens is 2. The van der Waals surface area contributed by atoms with Crippen LogP contribution in [0.15, 0.2) is 34.0 Å². The zero-order valence-electron chi connectivity index (χ0n) is 16.1. The molecule has 156 valence electrons. The van der Waals surface area contributed by atoms with Gasteiger partial charge in [0.05, 0.1) is 16.4 Å². The molecule has 1 saturated heterocycles. The number of aliphatic imine (C=N–C) groups is 1. The van der Waals surface area contributed by atoms with Crippen molar-refractivity contribution >= 4 is 57.5 Å². The number of halogens is 2. The highest BCUT2D eigenvalue weighted by molar-refractivity contribution is 14.0. The first-order chi connectivity index (χ1) is 13.5. The lowest BCUT2D eigenvalue weighted by molar-refractivity contribution is -0.120. The normalized spacial score (nSPS) is 16.1. The highest BCUT2D eigenvalue weighted by Gasteiger charge is 2.27. The van der Waals surface area contributed by atoms with Crippen molar-refractivity contribution in [3.8, 4) is 11.5 Å². The van der Waals surface area contributed by atoms with Gasteiger partial charge in [-0.05, 0) is 33.6 Å². The Labute approximate surface area is 194 Å². The Morgan fingerprint density at radius 1 is 1.34 bits per heavy atom. The molecule has 1 aromatic carbocycles. The van der Waals surface area contributed by atoms with E-state index >= 15 is 0 Å². The summed E-state index contributed by atoms with van der Waals surface area (Å²) in [6.45, 7) is 2.32. The lowest BCUT2D eigenvalue weighted by Gasteiger charge is -2.35. The minimum Gasteiger partial charge on any atom is -0.454 e. The maximum atomic E-state index is 12.6. The van der Waals surface area contributed by atoms with Crippen LogP contribution in [-0.2, 0) is 18.4 Å². The van der Waals surface area contributed by atoms with E-state index in [9.17, 15) is 4.79 Å². The van der Waals surface area contributed by atoms with Gasteiger partial charge in [-0.2, -0.15) is 5.10 Å². The zero-order valence-corrected chi connectivity index (χ0v) is 20.0. The van der Waals surface area contributed by atoms with Crippen LogP contribution in [0.4, 0.5) is 5.69 Å². The lowest BCUT2D eigenvalue weighted by atomic mass is 10.2. The van der Waals surface area contributed by atoms with Crippen LogP contribution in [0.2, 0.25) is 0 Å². The molecule has 1 amide bonds. The minimum absolute atomic E-state index is 0. The van der Waals surface area contributed by atoms with Gasteiger partial charge in [-0.3, -0.25) is 14.5 Å². The number of fused-ring (bicyclic) bond motifs is 1. The summed E-state index contributed by atoms with van der Waals surface area (Å²) in [5, 5.41) is 7.47. The van der Waals surface area contributed by atoms with Crippen LogP contribution < -0.4 is 19.7 Å². The van der Waals surface area contributed by atoms with Crippen LogP contribution in [0.3, 0.4) is 0 Å². The van der Waals surface area contributed by atoms with Gasteiger partial charge in [0.15, 0.2) is 17.5 Å². The average Bonchev–Trinajstić information content (AvgIpc) is 3.31. The van der Waals surface area contributed by atoms with Crippen LogP contribution >= 0.6 is 39.9 Å². The Bertz CT molecular complexity index is 934. The molecule has 4 rings (SSSR count). The van der Waals surface area contributed by atoms with Gasteiger partial charge in [-0.15, -0.1) is 24.0 Å². The Kier molecular flexibility index (Phi) is 6.88. The third-order valence-corrected chi connectivity index (χ3v) is 5.26. The fourth-order valence-electron chi connectivity index (χ4n) is 3.31. The molecule has 11 heteroatoms. The number of nitrogens with one attached hydrogen (secondary N) is 1. The molecule has 1 N–H and O–H groups in total. The van der Waals surface area contributed by atoms with Gasteiger partial charge in [0.1, 0.15) is 6.54 Å². The summed E-state index contributed by atoms with van der Waals surface area (Å²) in [6.07, 6.45) is 3.55. The van der Waals surface area contributed by atoms with Gasteiger partial charge in [-0.1, -0.05) is 0 Å². The molecule has 0 atom stereocenters. The number of aryl methyl sites for hydroxylation is 1. The molecule has 0 spiro atoms. The Morgan fingerprint density at radius 2 is 2.17 bits per heavy atom. The van der Waals surface area contributed by atoms with E-state index in [4.69, 9.17) is 9.47 Å². The van der Waals surface area contributed by atoms with Crippen molar-refractivity contribution in [3.63, 3.8) is 0 Å². The van der Waals surface area contributed by atoms with Gasteiger partial charge in [0.2, 0.25) is 12.7 Å². The van der Waals surface area contributed by atoms with Crippen LogP contribution in [-0.4, -0.2) is 60.0 Å². The van der Waals surface area contributed by atoms with Crippen molar-refractivity contribution in [1.82, 2.24) is 20.0 Å². The quantitative estimate of drug-likeness (QED) is 0.342. The van der Waals surface area contributed by atoms with Gasteiger partial charge < -0.3 is 24.6 Å². The van der Waals surface area contributed by atoms with Crippen molar-refractivity contribution in [1.29, 1.82) is 0 Å². The molecule has 2 aliphatic rings. The minimum atomic E-state index is 0. The molecule has 0 unspecified atom stereocenters. The second kappa shape index (κ2) is 9.20. The number of piperazine rings is 1. The molecule has 0 radical (unpaired) electrons. The number of nitrogens with zero attached hydrogens (tertiary/aromatic N) is 5. The number of rotatable bonds is 3. The monoisotopic (exact) mass is 576 g/mol. The molecule has 3 heterocycles. The number of guanidine groups is 1. The highest BCUT2D eigenvalue weighted by Crippen LogP contribution is 2.39.